The van der Waals surface area contributed by atoms with Gasteiger partial charge in [-0.15, -0.1) is 24.0 Å². The Morgan fingerprint density at radius 2 is 2.00 bits per heavy atom. The largest absolute Gasteiger partial charge is 0.386 e. The molecular weight excluding hydrogens is 502 g/mol. The van der Waals surface area contributed by atoms with Crippen LogP contribution in [0.3, 0.4) is 0 Å². The van der Waals surface area contributed by atoms with Crippen molar-refractivity contribution < 1.29 is 9.50 Å². The van der Waals surface area contributed by atoms with E-state index >= 15 is 0 Å². The maximum absolute atomic E-state index is 13.0. The monoisotopic (exact) mass is 532 g/mol. The van der Waals surface area contributed by atoms with Crippen molar-refractivity contribution >= 4 is 41.3 Å². The molecule has 0 radical (unpaired) electrons. The molecular formula is C21H30FIN4OS. The van der Waals surface area contributed by atoms with E-state index in [4.69, 9.17) is 0 Å². The van der Waals surface area contributed by atoms with Gasteiger partial charge in [-0.25, -0.2) is 4.39 Å². The maximum Gasteiger partial charge on any atom is 0.191 e. The summed E-state index contributed by atoms with van der Waals surface area (Å²) in [4.78, 5) is 7.01. The molecule has 1 unspecified atom stereocenters. The van der Waals surface area contributed by atoms with Gasteiger partial charge in [-0.2, -0.15) is 11.3 Å². The molecule has 2 heterocycles. The summed E-state index contributed by atoms with van der Waals surface area (Å²) >= 11 is 1.75. The average Bonchev–Trinajstić information content (AvgIpc) is 3.21. The smallest absolute Gasteiger partial charge is 0.191 e. The third-order valence-corrected chi connectivity index (χ3v) is 5.67. The number of halogens is 2. The van der Waals surface area contributed by atoms with Crippen LogP contribution in [0.15, 0.2) is 46.1 Å². The number of hydrogen-bond donors (Lipinski definition) is 3. The second kappa shape index (κ2) is 12.5. The van der Waals surface area contributed by atoms with Gasteiger partial charge in [-0.05, 0) is 59.9 Å². The number of benzene rings is 1. The third-order valence-electron chi connectivity index (χ3n) is 4.94. The lowest BCUT2D eigenvalue weighted by molar-refractivity contribution is 0.186. The third kappa shape index (κ3) is 7.84. The molecule has 5 nitrogen and oxygen atoms in total. The van der Waals surface area contributed by atoms with E-state index in [0.29, 0.717) is 11.6 Å². The van der Waals surface area contributed by atoms with Crippen molar-refractivity contribution in [2.75, 3.05) is 26.2 Å². The fourth-order valence-corrected chi connectivity index (χ4v) is 4.02. The Labute approximate surface area is 193 Å². The van der Waals surface area contributed by atoms with Gasteiger partial charge in [0, 0.05) is 32.2 Å². The van der Waals surface area contributed by atoms with Gasteiger partial charge in [-0.1, -0.05) is 12.1 Å². The quantitative estimate of drug-likeness (QED) is 0.289. The van der Waals surface area contributed by atoms with Crippen LogP contribution in [0.2, 0.25) is 0 Å². The minimum absolute atomic E-state index is 0. The van der Waals surface area contributed by atoms with E-state index < -0.39 is 6.10 Å². The Bertz CT molecular complexity index is 734. The lowest BCUT2D eigenvalue weighted by Gasteiger charge is -2.33. The van der Waals surface area contributed by atoms with E-state index in [1.807, 2.05) is 6.92 Å². The highest BCUT2D eigenvalue weighted by Crippen LogP contribution is 2.16. The van der Waals surface area contributed by atoms with Crippen molar-refractivity contribution in [2.45, 2.75) is 38.5 Å². The molecule has 0 bridgehead atoms. The minimum Gasteiger partial charge on any atom is -0.386 e. The first kappa shape index (κ1) is 24.0. The maximum atomic E-state index is 13.0. The summed E-state index contributed by atoms with van der Waals surface area (Å²) < 4.78 is 13.0. The zero-order chi connectivity index (χ0) is 19.8. The molecule has 29 heavy (non-hydrogen) atoms. The Morgan fingerprint density at radius 3 is 2.62 bits per heavy atom. The minimum atomic E-state index is -0.747. The van der Waals surface area contributed by atoms with Gasteiger partial charge >= 0.3 is 0 Å². The summed E-state index contributed by atoms with van der Waals surface area (Å²) in [6, 6.07) is 8.47. The van der Waals surface area contributed by atoms with E-state index in [1.165, 1.54) is 17.7 Å². The molecule has 1 atom stereocenters. The summed E-state index contributed by atoms with van der Waals surface area (Å²) in [5, 5.41) is 21.4. The van der Waals surface area contributed by atoms with Crippen LogP contribution in [0.5, 0.6) is 0 Å². The van der Waals surface area contributed by atoms with Crippen LogP contribution in [-0.2, 0) is 6.54 Å². The second-order valence-corrected chi connectivity index (χ2v) is 7.89. The normalized spacial score (nSPS) is 16.9. The number of piperidine rings is 1. The number of aliphatic hydroxyl groups excluding tert-OH is 1. The van der Waals surface area contributed by atoms with Crippen molar-refractivity contribution in [3.05, 3.63) is 58.0 Å². The van der Waals surface area contributed by atoms with Gasteiger partial charge in [0.05, 0.1) is 12.6 Å². The first-order valence-corrected chi connectivity index (χ1v) is 10.8. The molecule has 1 fully saturated rings. The summed E-state index contributed by atoms with van der Waals surface area (Å²) in [6.07, 6.45) is 1.38. The summed E-state index contributed by atoms with van der Waals surface area (Å²) in [5.74, 6) is 0.416. The van der Waals surface area contributed by atoms with E-state index in [1.54, 1.807) is 23.5 Å². The Balaban J connectivity index is 0.00000300. The van der Waals surface area contributed by atoms with E-state index in [9.17, 15) is 9.50 Å². The first-order valence-electron chi connectivity index (χ1n) is 9.86. The summed E-state index contributed by atoms with van der Waals surface area (Å²) in [5.41, 5.74) is 2.06. The van der Waals surface area contributed by atoms with E-state index in [-0.39, 0.29) is 36.3 Å². The highest BCUT2D eigenvalue weighted by atomic mass is 127. The number of thiophene rings is 1. The molecule has 160 valence electrons. The standard InChI is InChI=1S/C21H29FN4OS.HI/c1-2-23-21(24-13-20(27)17-3-5-18(22)6-4-17)25-19-7-10-26(11-8-19)14-16-9-12-28-15-16;/h3-6,9,12,15,19-20,27H,2,7-8,10-11,13-14H2,1H3,(H2,23,24,25);1H. The number of aliphatic imine (C=N–C) groups is 1. The molecule has 1 aromatic heterocycles. The highest BCUT2D eigenvalue weighted by Gasteiger charge is 2.20. The topological polar surface area (TPSA) is 59.9 Å². The molecule has 0 aliphatic carbocycles. The van der Waals surface area contributed by atoms with Gasteiger partial charge in [0.1, 0.15) is 5.82 Å². The molecule has 1 saturated heterocycles. The van der Waals surface area contributed by atoms with Crippen LogP contribution in [-0.4, -0.2) is 48.2 Å². The number of likely N-dealkylation sites (tertiary alicyclic amines) is 1. The van der Waals surface area contributed by atoms with Gasteiger partial charge in [0.15, 0.2) is 5.96 Å². The van der Waals surface area contributed by atoms with Gasteiger partial charge in [0.2, 0.25) is 0 Å². The van der Waals surface area contributed by atoms with E-state index in [0.717, 1.165) is 45.0 Å². The predicted octanol–water partition coefficient (Wildman–Crippen LogP) is 3.76. The molecule has 3 rings (SSSR count). The summed E-state index contributed by atoms with van der Waals surface area (Å²) in [7, 11) is 0. The Kier molecular flexibility index (Phi) is 10.3. The molecule has 0 amide bonds. The lowest BCUT2D eigenvalue weighted by Crippen LogP contribution is -2.48. The average molecular weight is 532 g/mol. The SMILES string of the molecule is CCNC(=NCC(O)c1ccc(F)cc1)NC1CCN(Cc2ccsc2)CC1.I. The number of rotatable bonds is 7. The Morgan fingerprint density at radius 1 is 1.28 bits per heavy atom. The Hall–Kier alpha value is -1.23. The number of hydrogen-bond acceptors (Lipinski definition) is 4. The second-order valence-electron chi connectivity index (χ2n) is 7.11. The van der Waals surface area contributed by atoms with Gasteiger partial charge in [0.25, 0.3) is 0 Å². The zero-order valence-corrected chi connectivity index (χ0v) is 19.8. The molecule has 0 spiro atoms. The van der Waals surface area contributed by atoms with Crippen molar-refractivity contribution in [1.82, 2.24) is 15.5 Å². The van der Waals surface area contributed by atoms with E-state index in [2.05, 4.69) is 37.4 Å². The number of nitrogens with one attached hydrogen (secondary N) is 2. The summed E-state index contributed by atoms with van der Waals surface area (Å²) in [6.45, 7) is 6.16. The molecule has 1 aliphatic rings. The molecule has 3 N–H and O–H groups in total. The van der Waals surface area contributed by atoms with Crippen LogP contribution in [0.25, 0.3) is 0 Å². The molecule has 1 aromatic carbocycles. The molecule has 2 aromatic rings. The zero-order valence-electron chi connectivity index (χ0n) is 16.7. The van der Waals surface area contributed by atoms with Gasteiger partial charge in [-0.3, -0.25) is 9.89 Å². The van der Waals surface area contributed by atoms with Crippen molar-refractivity contribution in [2.24, 2.45) is 4.99 Å². The van der Waals surface area contributed by atoms with Crippen LogP contribution in [0.4, 0.5) is 4.39 Å². The fraction of sp³-hybridized carbons (Fsp3) is 0.476. The van der Waals surface area contributed by atoms with Crippen molar-refractivity contribution in [3.63, 3.8) is 0 Å². The number of aliphatic hydroxyl groups is 1. The lowest BCUT2D eigenvalue weighted by atomic mass is 10.0. The molecule has 1 aliphatic heterocycles. The molecule has 8 heteroatoms. The van der Waals surface area contributed by atoms with Crippen LogP contribution in [0, 0.1) is 5.82 Å². The van der Waals surface area contributed by atoms with Crippen LogP contribution >= 0.6 is 35.3 Å². The van der Waals surface area contributed by atoms with Crippen LogP contribution < -0.4 is 10.6 Å². The van der Waals surface area contributed by atoms with Crippen molar-refractivity contribution in [1.29, 1.82) is 0 Å². The molecule has 0 saturated carbocycles. The van der Waals surface area contributed by atoms with Crippen LogP contribution in [0.1, 0.15) is 37.0 Å². The number of nitrogens with zero attached hydrogens (tertiary/aromatic N) is 2. The predicted molar refractivity (Wildman–Crippen MR) is 129 cm³/mol. The van der Waals surface area contributed by atoms with Crippen molar-refractivity contribution in [3.8, 4) is 0 Å². The first-order chi connectivity index (χ1) is 13.6. The van der Waals surface area contributed by atoms with Gasteiger partial charge < -0.3 is 15.7 Å². The highest BCUT2D eigenvalue weighted by molar-refractivity contribution is 14.0. The number of guanidine groups is 1. The fourth-order valence-electron chi connectivity index (χ4n) is 3.36.